The molecule has 23 heavy (non-hydrogen) atoms. The Bertz CT molecular complexity index is 904. The minimum Gasteiger partial charge on any atom is -0.273 e. The molecule has 3 aromatic rings. The molecule has 1 unspecified atom stereocenters. The van der Waals surface area contributed by atoms with Crippen LogP contribution in [0.3, 0.4) is 0 Å². The zero-order chi connectivity index (χ0) is 15.8. The Morgan fingerprint density at radius 3 is 2.78 bits per heavy atom. The average Bonchev–Trinajstić information content (AvgIpc) is 3.23. The van der Waals surface area contributed by atoms with Crippen LogP contribution in [-0.4, -0.2) is 26.6 Å². The number of amides is 1. The van der Waals surface area contributed by atoms with Crippen molar-refractivity contribution in [1.82, 2.24) is 15.0 Å². The van der Waals surface area contributed by atoms with Crippen LogP contribution in [0.25, 0.3) is 11.0 Å². The van der Waals surface area contributed by atoms with Gasteiger partial charge >= 0.3 is 0 Å². The number of aromatic nitrogens is 2. The molecule has 1 aromatic carbocycles. The quantitative estimate of drug-likeness (QED) is 0.726. The first-order valence-electron chi connectivity index (χ1n) is 7.33. The lowest BCUT2D eigenvalue weighted by atomic mass is 9.99. The van der Waals surface area contributed by atoms with E-state index in [2.05, 4.69) is 20.4 Å². The monoisotopic (exact) mass is 322 g/mol. The molecule has 1 aliphatic rings. The highest BCUT2D eigenvalue weighted by Gasteiger charge is 2.31. The summed E-state index contributed by atoms with van der Waals surface area (Å²) in [7, 11) is 0. The SMILES string of the molecule is CC(=O)N1N=C(c2ccsc2)CC1c1ccc2nccnc2c1. The lowest BCUT2D eigenvalue weighted by Crippen LogP contribution is -2.24. The molecule has 3 heterocycles. The normalized spacial score (nSPS) is 17.5. The first-order chi connectivity index (χ1) is 11.2. The molecule has 2 aromatic heterocycles. The van der Waals surface area contributed by atoms with Crippen LogP contribution >= 0.6 is 11.3 Å². The summed E-state index contributed by atoms with van der Waals surface area (Å²) in [5, 5.41) is 10.2. The fourth-order valence-corrected chi connectivity index (χ4v) is 3.52. The van der Waals surface area contributed by atoms with Gasteiger partial charge in [0.25, 0.3) is 0 Å². The molecule has 114 valence electrons. The Hall–Kier alpha value is -2.60. The van der Waals surface area contributed by atoms with Gasteiger partial charge in [0.1, 0.15) is 0 Å². The van der Waals surface area contributed by atoms with Gasteiger partial charge in [-0.1, -0.05) is 6.07 Å². The summed E-state index contributed by atoms with van der Waals surface area (Å²) in [4.78, 5) is 20.6. The van der Waals surface area contributed by atoms with Crippen LogP contribution in [0.2, 0.25) is 0 Å². The highest BCUT2D eigenvalue weighted by molar-refractivity contribution is 7.08. The molecule has 0 aliphatic carbocycles. The lowest BCUT2D eigenvalue weighted by Gasteiger charge is -2.20. The van der Waals surface area contributed by atoms with Crippen molar-refractivity contribution in [2.75, 3.05) is 0 Å². The van der Waals surface area contributed by atoms with Crippen LogP contribution in [0.1, 0.15) is 30.5 Å². The molecular formula is C17H14N4OS. The largest absolute Gasteiger partial charge is 0.273 e. The number of fused-ring (bicyclic) bond motifs is 1. The van der Waals surface area contributed by atoms with Gasteiger partial charge in [0.15, 0.2) is 0 Å². The smallest absolute Gasteiger partial charge is 0.240 e. The summed E-state index contributed by atoms with van der Waals surface area (Å²) in [5.41, 5.74) is 4.75. The van der Waals surface area contributed by atoms with Crippen molar-refractivity contribution >= 4 is 34.0 Å². The van der Waals surface area contributed by atoms with Crippen LogP contribution < -0.4 is 0 Å². The molecular weight excluding hydrogens is 308 g/mol. The molecule has 1 amide bonds. The first-order valence-corrected chi connectivity index (χ1v) is 8.27. The van der Waals surface area contributed by atoms with Gasteiger partial charge in [-0.15, -0.1) is 0 Å². The Kier molecular flexibility index (Phi) is 3.38. The highest BCUT2D eigenvalue weighted by Crippen LogP contribution is 2.34. The number of hydrogen-bond acceptors (Lipinski definition) is 5. The van der Waals surface area contributed by atoms with Crippen molar-refractivity contribution in [3.05, 3.63) is 58.5 Å². The second-order valence-electron chi connectivity index (χ2n) is 5.45. The third kappa shape index (κ3) is 2.51. The Labute approximate surface area is 137 Å². The number of carbonyl (C=O) groups is 1. The molecule has 0 spiro atoms. The molecule has 0 bridgehead atoms. The molecule has 1 atom stereocenters. The molecule has 0 saturated heterocycles. The predicted molar refractivity (Wildman–Crippen MR) is 90.3 cm³/mol. The van der Waals surface area contributed by atoms with Crippen molar-refractivity contribution in [3.8, 4) is 0 Å². The van der Waals surface area contributed by atoms with Crippen LogP contribution in [0, 0.1) is 0 Å². The maximum absolute atomic E-state index is 12.0. The fraction of sp³-hybridized carbons (Fsp3) is 0.176. The Balaban J connectivity index is 1.73. The predicted octanol–water partition coefficient (Wildman–Crippen LogP) is 3.39. The van der Waals surface area contributed by atoms with Gasteiger partial charge in [-0.2, -0.15) is 16.4 Å². The standard InChI is InChI=1S/C17H14N4OS/c1-11(22)21-17(9-15(20-21)13-4-7-23-10-13)12-2-3-14-16(8-12)19-6-5-18-14/h2-8,10,17H,9H2,1H3. The topological polar surface area (TPSA) is 58.5 Å². The van der Waals surface area contributed by atoms with E-state index >= 15 is 0 Å². The summed E-state index contributed by atoms with van der Waals surface area (Å²) >= 11 is 1.63. The minimum atomic E-state index is -0.0891. The first kappa shape index (κ1) is 14.0. The van der Waals surface area contributed by atoms with Gasteiger partial charge in [0.2, 0.25) is 5.91 Å². The molecule has 0 fully saturated rings. The summed E-state index contributed by atoms with van der Waals surface area (Å²) in [6.07, 6.45) is 4.07. The van der Waals surface area contributed by atoms with Crippen LogP contribution in [-0.2, 0) is 4.79 Å². The van der Waals surface area contributed by atoms with Gasteiger partial charge in [-0.25, -0.2) is 5.01 Å². The van der Waals surface area contributed by atoms with Crippen LogP contribution in [0.15, 0.2) is 52.5 Å². The number of benzene rings is 1. The average molecular weight is 322 g/mol. The molecule has 0 radical (unpaired) electrons. The number of hydrazone groups is 1. The molecule has 0 N–H and O–H groups in total. The third-order valence-corrected chi connectivity index (χ3v) is 4.65. The fourth-order valence-electron chi connectivity index (χ4n) is 2.85. The van der Waals surface area contributed by atoms with Crippen LogP contribution in [0.4, 0.5) is 0 Å². The van der Waals surface area contributed by atoms with E-state index < -0.39 is 0 Å². The number of thiophene rings is 1. The molecule has 0 saturated carbocycles. The van der Waals surface area contributed by atoms with Crippen molar-refractivity contribution < 1.29 is 4.79 Å². The molecule has 6 heteroatoms. The van der Waals surface area contributed by atoms with Gasteiger partial charge in [-0.3, -0.25) is 14.8 Å². The molecule has 1 aliphatic heterocycles. The molecule has 4 rings (SSSR count). The lowest BCUT2D eigenvalue weighted by molar-refractivity contribution is -0.130. The summed E-state index contributed by atoms with van der Waals surface area (Å²) in [6.45, 7) is 1.55. The number of rotatable bonds is 2. The Morgan fingerprint density at radius 1 is 1.22 bits per heavy atom. The zero-order valence-corrected chi connectivity index (χ0v) is 13.3. The van der Waals surface area contributed by atoms with E-state index in [-0.39, 0.29) is 11.9 Å². The summed E-state index contributed by atoms with van der Waals surface area (Å²) < 4.78 is 0. The summed E-state index contributed by atoms with van der Waals surface area (Å²) in [5.74, 6) is -0.0560. The van der Waals surface area contributed by atoms with E-state index in [0.29, 0.717) is 6.42 Å². The van der Waals surface area contributed by atoms with E-state index in [1.807, 2.05) is 29.6 Å². The Morgan fingerprint density at radius 2 is 2.04 bits per heavy atom. The number of hydrogen-bond donors (Lipinski definition) is 0. The maximum atomic E-state index is 12.0. The van der Waals surface area contributed by atoms with E-state index in [1.54, 1.807) is 35.7 Å². The van der Waals surface area contributed by atoms with Gasteiger partial charge in [0.05, 0.1) is 22.8 Å². The zero-order valence-electron chi connectivity index (χ0n) is 12.5. The summed E-state index contributed by atoms with van der Waals surface area (Å²) in [6, 6.07) is 7.89. The third-order valence-electron chi connectivity index (χ3n) is 3.97. The second kappa shape index (κ2) is 5.55. The van der Waals surface area contributed by atoms with Gasteiger partial charge in [-0.05, 0) is 34.5 Å². The van der Waals surface area contributed by atoms with Crippen molar-refractivity contribution in [3.63, 3.8) is 0 Å². The minimum absolute atomic E-state index is 0.0560. The van der Waals surface area contributed by atoms with Crippen molar-refractivity contribution in [2.24, 2.45) is 5.10 Å². The van der Waals surface area contributed by atoms with Crippen molar-refractivity contribution in [1.29, 1.82) is 0 Å². The van der Waals surface area contributed by atoms with E-state index in [4.69, 9.17) is 0 Å². The van der Waals surface area contributed by atoms with E-state index in [9.17, 15) is 4.79 Å². The van der Waals surface area contributed by atoms with E-state index in [1.165, 1.54) is 0 Å². The number of nitrogens with zero attached hydrogens (tertiary/aromatic N) is 4. The highest BCUT2D eigenvalue weighted by atomic mass is 32.1. The van der Waals surface area contributed by atoms with E-state index in [0.717, 1.165) is 27.9 Å². The van der Waals surface area contributed by atoms with Gasteiger partial charge < -0.3 is 0 Å². The number of carbonyl (C=O) groups excluding carboxylic acids is 1. The molecule has 5 nitrogen and oxygen atoms in total. The van der Waals surface area contributed by atoms with Crippen LogP contribution in [0.5, 0.6) is 0 Å². The van der Waals surface area contributed by atoms with Gasteiger partial charge in [0, 0.05) is 31.3 Å². The van der Waals surface area contributed by atoms with Crippen molar-refractivity contribution in [2.45, 2.75) is 19.4 Å². The maximum Gasteiger partial charge on any atom is 0.240 e. The second-order valence-corrected chi connectivity index (χ2v) is 6.23.